The molecule has 6 heteroatoms. The quantitative estimate of drug-likeness (QED) is 0.944. The molecule has 0 spiro atoms. The zero-order valence-corrected chi connectivity index (χ0v) is 12.8. The third kappa shape index (κ3) is 3.15. The number of aliphatic hydroxyl groups excluding tert-OH is 1. The lowest BCUT2D eigenvalue weighted by molar-refractivity contribution is 0.0611. The van der Waals surface area contributed by atoms with Gasteiger partial charge >= 0.3 is 0 Å². The van der Waals surface area contributed by atoms with Gasteiger partial charge in [0.25, 0.3) is 5.91 Å². The standard InChI is InChI=1S/C16H17ClN2O3/c17-13-5-1-4-12(7-13)15-8-14(18-22-15)16(21)19-6-2-3-11(9-19)10-20/h1,4-5,7-8,11,20H,2-3,6,9-10H2. The molecule has 0 radical (unpaired) electrons. The molecule has 0 aliphatic carbocycles. The number of hydrogen-bond donors (Lipinski definition) is 1. The molecule has 2 aromatic rings. The fraction of sp³-hybridized carbons (Fsp3) is 0.375. The largest absolute Gasteiger partial charge is 0.396 e. The van der Waals surface area contributed by atoms with Gasteiger partial charge < -0.3 is 14.5 Å². The SMILES string of the molecule is O=C(c1cc(-c2cccc(Cl)c2)on1)N1CCCC(CO)C1. The van der Waals surface area contributed by atoms with Crippen LogP contribution < -0.4 is 0 Å². The second-order valence-corrected chi connectivity index (χ2v) is 5.97. The zero-order chi connectivity index (χ0) is 15.5. The summed E-state index contributed by atoms with van der Waals surface area (Å²) in [4.78, 5) is 14.2. The van der Waals surface area contributed by atoms with Gasteiger partial charge in [-0.15, -0.1) is 0 Å². The molecule has 1 unspecified atom stereocenters. The van der Waals surface area contributed by atoms with Crippen LogP contribution in [0, 0.1) is 5.92 Å². The van der Waals surface area contributed by atoms with Gasteiger partial charge in [-0.05, 0) is 30.9 Å². The summed E-state index contributed by atoms with van der Waals surface area (Å²) in [7, 11) is 0. The van der Waals surface area contributed by atoms with E-state index >= 15 is 0 Å². The Bertz CT molecular complexity index is 671. The highest BCUT2D eigenvalue weighted by molar-refractivity contribution is 6.30. The number of halogens is 1. The second kappa shape index (κ2) is 6.50. The molecule has 1 aromatic carbocycles. The molecule has 0 bridgehead atoms. The van der Waals surface area contributed by atoms with E-state index in [0.717, 1.165) is 18.4 Å². The number of rotatable bonds is 3. The van der Waals surface area contributed by atoms with Crippen molar-refractivity contribution in [1.82, 2.24) is 10.1 Å². The maximum atomic E-state index is 12.5. The monoisotopic (exact) mass is 320 g/mol. The first-order valence-electron chi connectivity index (χ1n) is 7.30. The first kappa shape index (κ1) is 15.1. The normalized spacial score (nSPS) is 18.5. The molecule has 5 nitrogen and oxygen atoms in total. The van der Waals surface area contributed by atoms with Crippen LogP contribution >= 0.6 is 11.6 Å². The summed E-state index contributed by atoms with van der Waals surface area (Å²) < 4.78 is 5.27. The van der Waals surface area contributed by atoms with Gasteiger partial charge in [-0.2, -0.15) is 0 Å². The predicted molar refractivity (Wildman–Crippen MR) is 82.7 cm³/mol. The molecular weight excluding hydrogens is 304 g/mol. The van der Waals surface area contributed by atoms with E-state index in [2.05, 4.69) is 5.16 Å². The molecule has 22 heavy (non-hydrogen) atoms. The number of aliphatic hydroxyl groups is 1. The van der Waals surface area contributed by atoms with E-state index < -0.39 is 0 Å². The van der Waals surface area contributed by atoms with Crippen LogP contribution in [0.4, 0.5) is 0 Å². The van der Waals surface area contributed by atoms with Gasteiger partial charge in [0, 0.05) is 36.3 Å². The van der Waals surface area contributed by atoms with Crippen LogP contribution in [0.5, 0.6) is 0 Å². The molecule has 1 saturated heterocycles. The van der Waals surface area contributed by atoms with E-state index in [1.807, 2.05) is 12.1 Å². The van der Waals surface area contributed by atoms with Crippen LogP contribution in [-0.4, -0.2) is 40.8 Å². The second-order valence-electron chi connectivity index (χ2n) is 5.53. The van der Waals surface area contributed by atoms with Gasteiger partial charge in [0.2, 0.25) is 0 Å². The topological polar surface area (TPSA) is 66.6 Å². The third-order valence-corrected chi connectivity index (χ3v) is 4.14. The Kier molecular flexibility index (Phi) is 4.45. The Hall–Kier alpha value is -1.85. The zero-order valence-electron chi connectivity index (χ0n) is 12.0. The predicted octanol–water partition coefficient (Wildman–Crippen LogP) is 2.84. The Labute approximate surface area is 133 Å². The molecule has 0 saturated carbocycles. The fourth-order valence-corrected chi connectivity index (χ4v) is 2.90. The number of nitrogens with zero attached hydrogens (tertiary/aromatic N) is 2. The van der Waals surface area contributed by atoms with Crippen molar-refractivity contribution in [3.8, 4) is 11.3 Å². The number of amides is 1. The highest BCUT2D eigenvalue weighted by Gasteiger charge is 2.26. The Morgan fingerprint density at radius 1 is 1.45 bits per heavy atom. The Morgan fingerprint density at radius 3 is 3.09 bits per heavy atom. The van der Waals surface area contributed by atoms with Gasteiger partial charge in [-0.1, -0.05) is 28.9 Å². The van der Waals surface area contributed by atoms with Crippen LogP contribution in [0.2, 0.25) is 5.02 Å². The minimum atomic E-state index is -0.157. The van der Waals surface area contributed by atoms with Crippen molar-refractivity contribution in [2.24, 2.45) is 5.92 Å². The van der Waals surface area contributed by atoms with E-state index in [1.54, 1.807) is 23.1 Å². The van der Waals surface area contributed by atoms with Crippen LogP contribution in [0.25, 0.3) is 11.3 Å². The average Bonchev–Trinajstić information content (AvgIpc) is 3.04. The van der Waals surface area contributed by atoms with Crippen molar-refractivity contribution >= 4 is 17.5 Å². The molecule has 2 heterocycles. The molecule has 1 aromatic heterocycles. The van der Waals surface area contributed by atoms with E-state index in [0.29, 0.717) is 23.9 Å². The van der Waals surface area contributed by atoms with Crippen LogP contribution in [0.1, 0.15) is 23.3 Å². The lowest BCUT2D eigenvalue weighted by Crippen LogP contribution is -2.41. The first-order valence-corrected chi connectivity index (χ1v) is 7.68. The lowest BCUT2D eigenvalue weighted by atomic mass is 9.99. The molecule has 1 atom stereocenters. The molecule has 3 rings (SSSR count). The van der Waals surface area contributed by atoms with Gasteiger partial charge in [0.1, 0.15) is 0 Å². The maximum absolute atomic E-state index is 12.5. The summed E-state index contributed by atoms with van der Waals surface area (Å²) >= 11 is 5.96. The summed E-state index contributed by atoms with van der Waals surface area (Å²) in [5, 5.41) is 13.7. The number of carbonyl (C=O) groups excluding carboxylic acids is 1. The van der Waals surface area contributed by atoms with E-state index in [1.165, 1.54) is 0 Å². The molecular formula is C16H17ClN2O3. The van der Waals surface area contributed by atoms with Gasteiger partial charge in [-0.25, -0.2) is 0 Å². The molecule has 116 valence electrons. The highest BCUT2D eigenvalue weighted by Crippen LogP contribution is 2.24. The van der Waals surface area contributed by atoms with Gasteiger partial charge in [0.15, 0.2) is 11.5 Å². The molecule has 1 amide bonds. The summed E-state index contributed by atoms with van der Waals surface area (Å²) in [6, 6.07) is 8.84. The number of benzene rings is 1. The van der Waals surface area contributed by atoms with Crippen LogP contribution in [0.15, 0.2) is 34.9 Å². The van der Waals surface area contributed by atoms with Crippen molar-refractivity contribution in [3.63, 3.8) is 0 Å². The maximum Gasteiger partial charge on any atom is 0.276 e. The highest BCUT2D eigenvalue weighted by atomic mass is 35.5. The molecule has 1 aliphatic heterocycles. The summed E-state index contributed by atoms with van der Waals surface area (Å²) in [5.74, 6) is 0.508. The molecule has 1 N–H and O–H groups in total. The van der Waals surface area contributed by atoms with Crippen molar-refractivity contribution in [2.75, 3.05) is 19.7 Å². The Morgan fingerprint density at radius 2 is 2.32 bits per heavy atom. The minimum absolute atomic E-state index is 0.107. The summed E-state index contributed by atoms with van der Waals surface area (Å²) in [6.45, 7) is 1.36. The summed E-state index contributed by atoms with van der Waals surface area (Å²) in [6.07, 6.45) is 1.85. The van der Waals surface area contributed by atoms with Gasteiger partial charge in [0.05, 0.1) is 0 Å². The number of likely N-dealkylation sites (tertiary alicyclic amines) is 1. The number of piperidine rings is 1. The smallest absolute Gasteiger partial charge is 0.276 e. The van der Waals surface area contributed by atoms with Crippen LogP contribution in [0.3, 0.4) is 0 Å². The first-order chi connectivity index (χ1) is 10.7. The van der Waals surface area contributed by atoms with Crippen molar-refractivity contribution in [3.05, 3.63) is 41.0 Å². The fourth-order valence-electron chi connectivity index (χ4n) is 2.71. The third-order valence-electron chi connectivity index (χ3n) is 3.90. The van der Waals surface area contributed by atoms with E-state index in [-0.39, 0.29) is 24.1 Å². The van der Waals surface area contributed by atoms with Crippen molar-refractivity contribution < 1.29 is 14.4 Å². The number of carbonyl (C=O) groups is 1. The van der Waals surface area contributed by atoms with Crippen LogP contribution in [-0.2, 0) is 0 Å². The summed E-state index contributed by atoms with van der Waals surface area (Å²) in [5.41, 5.74) is 1.07. The van der Waals surface area contributed by atoms with Gasteiger partial charge in [-0.3, -0.25) is 4.79 Å². The van der Waals surface area contributed by atoms with E-state index in [4.69, 9.17) is 16.1 Å². The minimum Gasteiger partial charge on any atom is -0.396 e. The average molecular weight is 321 g/mol. The molecule has 1 aliphatic rings. The van der Waals surface area contributed by atoms with Crippen molar-refractivity contribution in [1.29, 1.82) is 0 Å². The van der Waals surface area contributed by atoms with E-state index in [9.17, 15) is 9.90 Å². The van der Waals surface area contributed by atoms with Crippen molar-refractivity contribution in [2.45, 2.75) is 12.8 Å². The number of hydrogen-bond acceptors (Lipinski definition) is 4. The molecule has 1 fully saturated rings. The number of aromatic nitrogens is 1. The Balaban J connectivity index is 1.77. The lowest BCUT2D eigenvalue weighted by Gasteiger charge is -2.31.